The molecule has 0 amide bonds. The molecule has 1 aromatic rings. The van der Waals surface area contributed by atoms with E-state index in [1.165, 1.54) is 0 Å². The molecule has 1 aromatic heterocycles. The third-order valence-corrected chi connectivity index (χ3v) is 2.79. The summed E-state index contributed by atoms with van der Waals surface area (Å²) < 4.78 is 11.3. The third-order valence-electron chi connectivity index (χ3n) is 2.79. The zero-order chi connectivity index (χ0) is 12.8. The lowest BCUT2D eigenvalue weighted by Gasteiger charge is -2.22. The van der Waals surface area contributed by atoms with Crippen molar-refractivity contribution >= 4 is 0 Å². The van der Waals surface area contributed by atoms with E-state index >= 15 is 0 Å². The van der Waals surface area contributed by atoms with Gasteiger partial charge in [0, 0.05) is 18.3 Å². The van der Waals surface area contributed by atoms with Gasteiger partial charge in [0.1, 0.15) is 6.10 Å². The second-order valence-corrected chi connectivity index (χ2v) is 4.56. The van der Waals surface area contributed by atoms with Crippen molar-refractivity contribution in [3.8, 4) is 11.9 Å². The lowest BCUT2D eigenvalue weighted by atomic mass is 10.1. The minimum absolute atomic E-state index is 0.166. The van der Waals surface area contributed by atoms with Crippen LogP contribution in [-0.4, -0.2) is 35.8 Å². The quantitative estimate of drug-likeness (QED) is 0.863. The van der Waals surface area contributed by atoms with E-state index in [4.69, 9.17) is 9.47 Å². The highest BCUT2D eigenvalue weighted by molar-refractivity contribution is 5.17. The fourth-order valence-electron chi connectivity index (χ4n) is 1.92. The van der Waals surface area contributed by atoms with Crippen molar-refractivity contribution in [3.63, 3.8) is 0 Å². The molecule has 5 nitrogen and oxygen atoms in total. The maximum Gasteiger partial charge on any atom is 0.320 e. The molecule has 1 aliphatic heterocycles. The van der Waals surface area contributed by atoms with Gasteiger partial charge in [0.25, 0.3) is 0 Å². The second kappa shape index (κ2) is 6.54. The van der Waals surface area contributed by atoms with Crippen molar-refractivity contribution in [1.29, 1.82) is 0 Å². The predicted molar refractivity (Wildman–Crippen MR) is 69.1 cm³/mol. The van der Waals surface area contributed by atoms with Gasteiger partial charge in [-0.1, -0.05) is 6.92 Å². The Morgan fingerprint density at radius 2 is 2.33 bits per heavy atom. The SMILES string of the molecule is CCCOc1cc(C)nc(O[C@H]2CCCNC2)n1. The summed E-state index contributed by atoms with van der Waals surface area (Å²) in [5.74, 6) is 0.600. The molecule has 0 radical (unpaired) electrons. The second-order valence-electron chi connectivity index (χ2n) is 4.56. The molecule has 2 rings (SSSR count). The van der Waals surface area contributed by atoms with E-state index in [9.17, 15) is 0 Å². The van der Waals surface area contributed by atoms with Crippen LogP contribution in [0.1, 0.15) is 31.9 Å². The number of nitrogens with zero attached hydrogens (tertiary/aromatic N) is 2. The Kier molecular flexibility index (Phi) is 4.75. The molecular formula is C13H21N3O2. The summed E-state index contributed by atoms with van der Waals surface area (Å²) in [5.41, 5.74) is 0.870. The van der Waals surface area contributed by atoms with Crippen molar-refractivity contribution in [1.82, 2.24) is 15.3 Å². The van der Waals surface area contributed by atoms with Crippen LogP contribution in [0.4, 0.5) is 0 Å². The smallest absolute Gasteiger partial charge is 0.320 e. The zero-order valence-electron chi connectivity index (χ0n) is 11.1. The van der Waals surface area contributed by atoms with Gasteiger partial charge in [-0.15, -0.1) is 0 Å². The van der Waals surface area contributed by atoms with Crippen molar-refractivity contribution in [2.45, 2.75) is 39.2 Å². The molecule has 1 N–H and O–H groups in total. The molecule has 1 fully saturated rings. The number of aromatic nitrogens is 2. The summed E-state index contributed by atoms with van der Waals surface area (Å²) in [4.78, 5) is 8.58. The maximum absolute atomic E-state index is 5.79. The lowest BCUT2D eigenvalue weighted by molar-refractivity contribution is 0.150. The fourth-order valence-corrected chi connectivity index (χ4v) is 1.92. The van der Waals surface area contributed by atoms with E-state index in [0.29, 0.717) is 18.5 Å². The van der Waals surface area contributed by atoms with Gasteiger partial charge in [-0.3, -0.25) is 0 Å². The van der Waals surface area contributed by atoms with Crippen molar-refractivity contribution in [3.05, 3.63) is 11.8 Å². The number of rotatable bonds is 5. The van der Waals surface area contributed by atoms with E-state index < -0.39 is 0 Å². The zero-order valence-corrected chi connectivity index (χ0v) is 11.1. The standard InChI is InChI=1S/C13H21N3O2/c1-3-7-17-12-8-10(2)15-13(16-12)18-11-5-4-6-14-9-11/h8,11,14H,3-7,9H2,1-2H3/t11-/m0/s1. The molecule has 1 aliphatic rings. The van der Waals surface area contributed by atoms with Gasteiger partial charge in [0.2, 0.25) is 5.88 Å². The minimum Gasteiger partial charge on any atom is -0.478 e. The van der Waals surface area contributed by atoms with E-state index in [1.54, 1.807) is 0 Å². The Morgan fingerprint density at radius 1 is 1.44 bits per heavy atom. The number of nitrogens with one attached hydrogen (secondary N) is 1. The van der Waals surface area contributed by atoms with E-state index in [2.05, 4.69) is 22.2 Å². The molecule has 5 heteroatoms. The first-order valence-corrected chi connectivity index (χ1v) is 6.64. The molecule has 18 heavy (non-hydrogen) atoms. The molecule has 2 heterocycles. The number of aryl methyl sites for hydroxylation is 1. The summed E-state index contributed by atoms with van der Waals surface area (Å²) >= 11 is 0. The Bertz CT molecular complexity index is 378. The molecule has 0 spiro atoms. The van der Waals surface area contributed by atoms with Crippen LogP contribution in [0.15, 0.2) is 6.07 Å². The summed E-state index contributed by atoms with van der Waals surface area (Å²) in [7, 11) is 0. The largest absolute Gasteiger partial charge is 0.478 e. The topological polar surface area (TPSA) is 56.3 Å². The van der Waals surface area contributed by atoms with Crippen LogP contribution in [0.5, 0.6) is 11.9 Å². The van der Waals surface area contributed by atoms with Crippen LogP contribution < -0.4 is 14.8 Å². The Balaban J connectivity index is 1.99. The number of hydrogen-bond donors (Lipinski definition) is 1. The van der Waals surface area contributed by atoms with Crippen LogP contribution in [0.3, 0.4) is 0 Å². The molecule has 1 atom stereocenters. The Hall–Kier alpha value is -1.36. The summed E-state index contributed by atoms with van der Waals surface area (Å²) in [6.45, 7) is 6.59. The van der Waals surface area contributed by atoms with Gasteiger partial charge in [-0.25, -0.2) is 4.98 Å². The van der Waals surface area contributed by atoms with E-state index in [-0.39, 0.29) is 6.10 Å². The average Bonchev–Trinajstić information content (AvgIpc) is 2.37. The normalized spacial score (nSPS) is 19.6. The molecule has 100 valence electrons. The van der Waals surface area contributed by atoms with E-state index in [1.807, 2.05) is 13.0 Å². The Morgan fingerprint density at radius 3 is 3.06 bits per heavy atom. The molecular weight excluding hydrogens is 230 g/mol. The summed E-state index contributed by atoms with van der Waals surface area (Å²) in [6, 6.07) is 2.26. The number of ether oxygens (including phenoxy) is 2. The monoisotopic (exact) mass is 251 g/mol. The number of hydrogen-bond acceptors (Lipinski definition) is 5. The first-order valence-electron chi connectivity index (χ1n) is 6.64. The van der Waals surface area contributed by atoms with Crippen LogP contribution in [0, 0.1) is 6.92 Å². The van der Waals surface area contributed by atoms with Gasteiger partial charge in [0.05, 0.1) is 6.61 Å². The maximum atomic E-state index is 5.79. The predicted octanol–water partition coefficient (Wildman–Crippen LogP) is 1.70. The van der Waals surface area contributed by atoms with Crippen molar-refractivity contribution in [2.75, 3.05) is 19.7 Å². The highest BCUT2D eigenvalue weighted by Gasteiger charge is 2.16. The molecule has 0 aromatic carbocycles. The highest BCUT2D eigenvalue weighted by Crippen LogP contribution is 2.16. The van der Waals surface area contributed by atoms with Gasteiger partial charge in [0.15, 0.2) is 0 Å². The molecule has 0 unspecified atom stereocenters. The average molecular weight is 251 g/mol. The molecule has 1 saturated heterocycles. The van der Waals surface area contributed by atoms with Crippen LogP contribution in [0.25, 0.3) is 0 Å². The molecule has 0 aliphatic carbocycles. The molecule has 0 bridgehead atoms. The van der Waals surface area contributed by atoms with Crippen LogP contribution >= 0.6 is 0 Å². The summed E-state index contributed by atoms with van der Waals surface area (Å²) in [6.07, 6.45) is 3.32. The first kappa shape index (κ1) is 13.1. The van der Waals surface area contributed by atoms with Crippen LogP contribution in [0.2, 0.25) is 0 Å². The van der Waals surface area contributed by atoms with E-state index in [0.717, 1.165) is 38.0 Å². The highest BCUT2D eigenvalue weighted by atomic mass is 16.5. The number of piperidine rings is 1. The minimum atomic E-state index is 0.166. The van der Waals surface area contributed by atoms with Gasteiger partial charge >= 0.3 is 6.01 Å². The lowest BCUT2D eigenvalue weighted by Crippen LogP contribution is -2.37. The van der Waals surface area contributed by atoms with Crippen molar-refractivity contribution in [2.24, 2.45) is 0 Å². The van der Waals surface area contributed by atoms with Gasteiger partial charge in [-0.2, -0.15) is 4.98 Å². The summed E-state index contributed by atoms with van der Waals surface area (Å²) in [5, 5.41) is 3.31. The third kappa shape index (κ3) is 3.84. The molecule has 0 saturated carbocycles. The van der Waals surface area contributed by atoms with Crippen molar-refractivity contribution < 1.29 is 9.47 Å². The van der Waals surface area contributed by atoms with Gasteiger partial charge in [-0.05, 0) is 32.7 Å². The first-order chi connectivity index (χ1) is 8.78. The van der Waals surface area contributed by atoms with Gasteiger partial charge < -0.3 is 14.8 Å². The van der Waals surface area contributed by atoms with Crippen LogP contribution in [-0.2, 0) is 0 Å². The Labute approximate surface area is 108 Å². The fraction of sp³-hybridized carbons (Fsp3) is 0.692.